The highest BCUT2D eigenvalue weighted by Gasteiger charge is 2.13. The van der Waals surface area contributed by atoms with Gasteiger partial charge in [0.25, 0.3) is 5.91 Å². The van der Waals surface area contributed by atoms with E-state index < -0.39 is 0 Å². The fourth-order valence-electron chi connectivity index (χ4n) is 2.40. The van der Waals surface area contributed by atoms with Crippen molar-refractivity contribution >= 4 is 18.3 Å². The summed E-state index contributed by atoms with van der Waals surface area (Å²) in [5.41, 5.74) is 2.11. The lowest BCUT2D eigenvalue weighted by Gasteiger charge is -2.20. The number of halogens is 1. The third kappa shape index (κ3) is 8.80. The van der Waals surface area contributed by atoms with E-state index in [1.54, 1.807) is 7.11 Å². The predicted octanol–water partition coefficient (Wildman–Crippen LogP) is 3.70. The molecule has 0 aliphatic carbocycles. The number of hydrogen-bond acceptors (Lipinski definition) is 4. The van der Waals surface area contributed by atoms with Crippen LogP contribution in [0, 0.1) is 0 Å². The van der Waals surface area contributed by atoms with Crippen molar-refractivity contribution in [3.05, 3.63) is 59.7 Å². The highest BCUT2D eigenvalue weighted by molar-refractivity contribution is 5.85. The standard InChI is InChI=1S/C21H28N2O3.ClH/c1-21(2,3)23-20(24)15-26-19-11-7-17(8-12-19)14-22-13-16-5-9-18(25-4)10-6-16;/h5-12,22H,13-15H2,1-4H3,(H,23,24);1H. The van der Waals surface area contributed by atoms with E-state index >= 15 is 0 Å². The number of carbonyl (C=O) groups excluding carboxylic acids is 1. The van der Waals surface area contributed by atoms with Crippen LogP contribution in [0.25, 0.3) is 0 Å². The topological polar surface area (TPSA) is 59.6 Å². The molecule has 0 aliphatic rings. The number of hydrogen-bond donors (Lipinski definition) is 2. The smallest absolute Gasteiger partial charge is 0.258 e. The Morgan fingerprint density at radius 3 is 1.81 bits per heavy atom. The zero-order valence-electron chi connectivity index (χ0n) is 16.4. The van der Waals surface area contributed by atoms with Crippen LogP contribution in [-0.4, -0.2) is 25.2 Å². The molecule has 0 radical (unpaired) electrons. The third-order valence-corrected chi connectivity index (χ3v) is 3.63. The molecule has 148 valence electrons. The third-order valence-electron chi connectivity index (χ3n) is 3.63. The lowest BCUT2D eigenvalue weighted by molar-refractivity contribution is -0.124. The molecule has 0 bridgehead atoms. The van der Waals surface area contributed by atoms with Gasteiger partial charge in [-0.15, -0.1) is 12.4 Å². The Labute approximate surface area is 167 Å². The first-order valence-electron chi connectivity index (χ1n) is 8.72. The molecule has 0 atom stereocenters. The summed E-state index contributed by atoms with van der Waals surface area (Å²) in [5.74, 6) is 1.43. The Kier molecular flexibility index (Phi) is 9.12. The van der Waals surface area contributed by atoms with E-state index in [0.29, 0.717) is 5.75 Å². The summed E-state index contributed by atoms with van der Waals surface area (Å²) in [6.07, 6.45) is 0. The van der Waals surface area contributed by atoms with E-state index in [-0.39, 0.29) is 30.5 Å². The van der Waals surface area contributed by atoms with Gasteiger partial charge in [-0.05, 0) is 56.2 Å². The zero-order valence-corrected chi connectivity index (χ0v) is 17.2. The van der Waals surface area contributed by atoms with E-state index in [0.717, 1.165) is 24.4 Å². The van der Waals surface area contributed by atoms with Crippen LogP contribution in [0.2, 0.25) is 0 Å². The molecule has 0 aromatic heterocycles. The van der Waals surface area contributed by atoms with Crippen molar-refractivity contribution in [2.45, 2.75) is 39.4 Å². The highest BCUT2D eigenvalue weighted by Crippen LogP contribution is 2.13. The monoisotopic (exact) mass is 392 g/mol. The summed E-state index contributed by atoms with van der Waals surface area (Å²) in [5, 5.41) is 6.27. The molecule has 2 aromatic rings. The molecule has 2 aromatic carbocycles. The van der Waals surface area contributed by atoms with Gasteiger partial charge < -0.3 is 20.1 Å². The van der Waals surface area contributed by atoms with Crippen molar-refractivity contribution in [1.82, 2.24) is 10.6 Å². The van der Waals surface area contributed by atoms with Crippen molar-refractivity contribution in [3.63, 3.8) is 0 Å². The fraction of sp³-hybridized carbons (Fsp3) is 0.381. The molecular weight excluding hydrogens is 364 g/mol. The van der Waals surface area contributed by atoms with Crippen molar-refractivity contribution in [2.75, 3.05) is 13.7 Å². The molecule has 2 N–H and O–H groups in total. The van der Waals surface area contributed by atoms with E-state index in [9.17, 15) is 4.79 Å². The molecule has 6 heteroatoms. The van der Waals surface area contributed by atoms with E-state index in [1.807, 2.05) is 69.3 Å². The highest BCUT2D eigenvalue weighted by atomic mass is 35.5. The van der Waals surface area contributed by atoms with Gasteiger partial charge in [0.2, 0.25) is 0 Å². The summed E-state index contributed by atoms with van der Waals surface area (Å²) in [4.78, 5) is 11.8. The SMILES string of the molecule is COc1ccc(CNCc2ccc(OCC(=O)NC(C)(C)C)cc2)cc1.Cl. The summed E-state index contributed by atoms with van der Waals surface area (Å²) in [6, 6.07) is 15.8. The van der Waals surface area contributed by atoms with Crippen LogP contribution in [0.4, 0.5) is 0 Å². The number of nitrogens with one attached hydrogen (secondary N) is 2. The van der Waals surface area contributed by atoms with Gasteiger partial charge in [0, 0.05) is 18.6 Å². The number of amides is 1. The van der Waals surface area contributed by atoms with Crippen LogP contribution in [-0.2, 0) is 17.9 Å². The molecule has 0 saturated heterocycles. The lowest BCUT2D eigenvalue weighted by atomic mass is 10.1. The Morgan fingerprint density at radius 1 is 0.889 bits per heavy atom. The van der Waals surface area contributed by atoms with Crippen molar-refractivity contribution < 1.29 is 14.3 Å². The molecule has 0 aliphatic heterocycles. The zero-order chi connectivity index (χ0) is 19.0. The van der Waals surface area contributed by atoms with Crippen LogP contribution < -0.4 is 20.1 Å². The summed E-state index contributed by atoms with van der Waals surface area (Å²) in [7, 11) is 1.66. The molecule has 2 rings (SSSR count). The number of rotatable bonds is 8. The predicted molar refractivity (Wildman–Crippen MR) is 111 cm³/mol. The molecular formula is C21H29ClN2O3. The minimum atomic E-state index is -0.250. The molecule has 5 nitrogen and oxygen atoms in total. The first kappa shape index (κ1) is 22.8. The van der Waals surface area contributed by atoms with Gasteiger partial charge in [-0.3, -0.25) is 4.79 Å². The first-order valence-corrected chi connectivity index (χ1v) is 8.72. The van der Waals surface area contributed by atoms with E-state index in [1.165, 1.54) is 5.56 Å². The van der Waals surface area contributed by atoms with Gasteiger partial charge in [0.05, 0.1) is 7.11 Å². The molecule has 0 saturated carbocycles. The maximum absolute atomic E-state index is 11.8. The average molecular weight is 393 g/mol. The van der Waals surface area contributed by atoms with Crippen LogP contribution in [0.15, 0.2) is 48.5 Å². The van der Waals surface area contributed by atoms with Gasteiger partial charge in [-0.1, -0.05) is 24.3 Å². The Bertz CT molecular complexity index is 695. The summed E-state index contributed by atoms with van der Waals surface area (Å²) < 4.78 is 10.7. The molecule has 0 spiro atoms. The van der Waals surface area contributed by atoms with Crippen molar-refractivity contribution in [2.24, 2.45) is 0 Å². The number of carbonyl (C=O) groups is 1. The Hall–Kier alpha value is -2.24. The van der Waals surface area contributed by atoms with Crippen molar-refractivity contribution in [1.29, 1.82) is 0 Å². The molecule has 0 unspecified atom stereocenters. The van der Waals surface area contributed by atoms with Crippen LogP contribution in [0.3, 0.4) is 0 Å². The number of ether oxygens (including phenoxy) is 2. The maximum atomic E-state index is 11.8. The largest absolute Gasteiger partial charge is 0.497 e. The van der Waals surface area contributed by atoms with Crippen LogP contribution in [0.5, 0.6) is 11.5 Å². The van der Waals surface area contributed by atoms with Crippen LogP contribution >= 0.6 is 12.4 Å². The molecule has 0 heterocycles. The van der Waals surface area contributed by atoms with Gasteiger partial charge in [0.15, 0.2) is 6.61 Å². The molecule has 0 fully saturated rings. The second-order valence-corrected chi connectivity index (χ2v) is 7.18. The van der Waals surface area contributed by atoms with Gasteiger partial charge in [-0.25, -0.2) is 0 Å². The summed E-state index contributed by atoms with van der Waals surface area (Å²) >= 11 is 0. The lowest BCUT2D eigenvalue weighted by Crippen LogP contribution is -2.43. The number of benzene rings is 2. The van der Waals surface area contributed by atoms with Gasteiger partial charge in [-0.2, -0.15) is 0 Å². The molecule has 27 heavy (non-hydrogen) atoms. The maximum Gasteiger partial charge on any atom is 0.258 e. The van der Waals surface area contributed by atoms with Crippen LogP contribution in [0.1, 0.15) is 31.9 Å². The Balaban J connectivity index is 0.00000364. The van der Waals surface area contributed by atoms with Gasteiger partial charge >= 0.3 is 0 Å². The second-order valence-electron chi connectivity index (χ2n) is 7.18. The van der Waals surface area contributed by atoms with Gasteiger partial charge in [0.1, 0.15) is 11.5 Å². The second kappa shape index (κ2) is 10.8. The van der Waals surface area contributed by atoms with Crippen molar-refractivity contribution in [3.8, 4) is 11.5 Å². The van der Waals surface area contributed by atoms with E-state index in [2.05, 4.69) is 10.6 Å². The fourth-order valence-corrected chi connectivity index (χ4v) is 2.40. The normalized spacial score (nSPS) is 10.7. The average Bonchev–Trinajstić information content (AvgIpc) is 2.60. The molecule has 1 amide bonds. The Morgan fingerprint density at radius 2 is 1.37 bits per heavy atom. The van der Waals surface area contributed by atoms with E-state index in [4.69, 9.17) is 9.47 Å². The quantitative estimate of drug-likeness (QED) is 0.719. The minimum absolute atomic E-state index is 0. The summed E-state index contributed by atoms with van der Waals surface area (Å²) in [6.45, 7) is 7.40. The number of methoxy groups -OCH3 is 1. The first-order chi connectivity index (χ1) is 12.4. The minimum Gasteiger partial charge on any atom is -0.497 e.